The molecule has 0 N–H and O–H groups in total. The third kappa shape index (κ3) is 3.73. The number of rotatable bonds is 10. The summed E-state index contributed by atoms with van der Waals surface area (Å²) in [5, 5.41) is 0. The van der Waals surface area contributed by atoms with Crippen LogP contribution in [0.3, 0.4) is 0 Å². The average molecular weight is 576 g/mol. The zero-order valence-corrected chi connectivity index (χ0v) is 18.7. The molecule has 0 heterocycles. The fourth-order valence-corrected chi connectivity index (χ4v) is 6.26. The molecule has 0 aromatic carbocycles. The molecule has 2 nitrogen and oxygen atoms in total. The van der Waals surface area contributed by atoms with Crippen molar-refractivity contribution in [2.45, 2.75) is 74.8 Å². The van der Waals surface area contributed by atoms with Crippen LogP contribution in [0.4, 0.5) is 65.9 Å². The van der Waals surface area contributed by atoms with Gasteiger partial charge >= 0.3 is 47.7 Å². The molecule has 4 aliphatic rings. The van der Waals surface area contributed by atoms with Crippen LogP contribution in [-0.2, 0) is 9.53 Å². The Bertz CT molecular complexity index is 923. The lowest BCUT2D eigenvalue weighted by molar-refractivity contribution is -0.412. The van der Waals surface area contributed by atoms with Gasteiger partial charge in [0.15, 0.2) is 0 Å². The van der Waals surface area contributed by atoms with Gasteiger partial charge in [0, 0.05) is 0 Å². The molecule has 0 aromatic rings. The van der Waals surface area contributed by atoms with E-state index in [9.17, 15) is 70.7 Å². The first-order chi connectivity index (χ1) is 16.3. The van der Waals surface area contributed by atoms with Gasteiger partial charge in [-0.05, 0) is 36.0 Å². The van der Waals surface area contributed by atoms with Gasteiger partial charge in [0.05, 0.1) is 24.9 Å². The molecule has 4 aliphatic carbocycles. The fraction of sp³-hybridized carbons (Fsp3) is 0.950. The van der Waals surface area contributed by atoms with E-state index in [4.69, 9.17) is 0 Å². The molecule has 0 aliphatic heterocycles. The minimum absolute atomic E-state index is 0.0608. The highest BCUT2D eigenvalue weighted by Gasteiger charge is 2.87. The van der Waals surface area contributed by atoms with Crippen LogP contribution in [0.1, 0.15) is 33.1 Å². The molecule has 216 valence electrons. The number of alkyl halides is 15. The van der Waals surface area contributed by atoms with Gasteiger partial charge in [-0.25, -0.2) is 0 Å². The second kappa shape index (κ2) is 7.98. The number of ether oxygens (including phenoxy) is 1. The summed E-state index contributed by atoms with van der Waals surface area (Å²) in [6, 6.07) is 0. The summed E-state index contributed by atoms with van der Waals surface area (Å²) >= 11 is 0. The van der Waals surface area contributed by atoms with Crippen molar-refractivity contribution in [2.24, 2.45) is 35.0 Å². The highest BCUT2D eigenvalue weighted by molar-refractivity contribution is 5.84. The normalized spacial score (nSPS) is 32.6. The van der Waals surface area contributed by atoms with E-state index in [0.29, 0.717) is 6.42 Å². The molecule has 6 atom stereocenters. The predicted octanol–water partition coefficient (Wildman–Crippen LogP) is 7.22. The Morgan fingerprint density at radius 1 is 0.757 bits per heavy atom. The van der Waals surface area contributed by atoms with Crippen molar-refractivity contribution in [2.75, 3.05) is 6.61 Å². The second-order valence-electron chi connectivity index (χ2n) is 10.0. The van der Waals surface area contributed by atoms with Gasteiger partial charge < -0.3 is 4.74 Å². The molecular weight excluding hydrogens is 557 g/mol. The van der Waals surface area contributed by atoms with Crippen LogP contribution in [0, 0.1) is 35.0 Å². The highest BCUT2D eigenvalue weighted by atomic mass is 19.4. The molecule has 6 unspecified atom stereocenters. The summed E-state index contributed by atoms with van der Waals surface area (Å²) in [7, 11) is 0. The Labute approximate surface area is 198 Å². The number of hydrogen-bond donors (Lipinski definition) is 0. The van der Waals surface area contributed by atoms with E-state index in [0.717, 1.165) is 0 Å². The maximum absolute atomic E-state index is 14.0. The number of esters is 1. The Balaban J connectivity index is 1.73. The molecule has 0 amide bonds. The van der Waals surface area contributed by atoms with Crippen LogP contribution in [0.25, 0.3) is 0 Å². The van der Waals surface area contributed by atoms with Gasteiger partial charge in [-0.15, -0.1) is 0 Å². The van der Waals surface area contributed by atoms with Gasteiger partial charge in [0.2, 0.25) is 0 Å². The van der Waals surface area contributed by atoms with Gasteiger partial charge in [-0.3, -0.25) is 4.79 Å². The first-order valence-corrected chi connectivity index (χ1v) is 10.8. The molecule has 0 saturated heterocycles. The van der Waals surface area contributed by atoms with Crippen LogP contribution in [-0.4, -0.2) is 54.3 Å². The number of hydrogen-bond acceptors (Lipinski definition) is 2. The smallest absolute Gasteiger partial charge is 0.453 e. The zero-order chi connectivity index (χ0) is 29.0. The second-order valence-corrected chi connectivity index (χ2v) is 10.0. The highest BCUT2D eigenvalue weighted by Crippen LogP contribution is 2.83. The van der Waals surface area contributed by atoms with E-state index in [1.165, 1.54) is 0 Å². The van der Waals surface area contributed by atoms with Crippen LogP contribution in [0.2, 0.25) is 0 Å². The van der Waals surface area contributed by atoms with Crippen LogP contribution in [0.15, 0.2) is 0 Å². The van der Waals surface area contributed by atoms with Crippen molar-refractivity contribution in [3.8, 4) is 0 Å². The minimum atomic E-state index is -7.82. The Morgan fingerprint density at radius 2 is 1.24 bits per heavy atom. The Morgan fingerprint density at radius 3 is 1.62 bits per heavy atom. The lowest BCUT2D eigenvalue weighted by Crippen LogP contribution is -2.68. The SMILES string of the molecule is CC1C2CC3C1C3(C(=O)OCCC(F)(F)C(F)(F)C(F)(F)C(F)(F)C(F)(F)CC(F)(F)C(F)(F)F)C2C. The molecule has 0 spiro atoms. The monoisotopic (exact) mass is 576 g/mol. The predicted molar refractivity (Wildman–Crippen MR) is 91.8 cm³/mol. The summed E-state index contributed by atoms with van der Waals surface area (Å²) in [6.07, 6.45) is -13.4. The van der Waals surface area contributed by atoms with E-state index in [1.807, 2.05) is 6.92 Å². The van der Waals surface area contributed by atoms with E-state index in [1.54, 1.807) is 6.92 Å². The minimum Gasteiger partial charge on any atom is -0.465 e. The van der Waals surface area contributed by atoms with Crippen molar-refractivity contribution in [3.05, 3.63) is 0 Å². The lowest BCUT2D eigenvalue weighted by Gasteiger charge is -2.40. The van der Waals surface area contributed by atoms with Crippen LogP contribution >= 0.6 is 0 Å². The van der Waals surface area contributed by atoms with E-state index < -0.39 is 72.5 Å². The standard InChI is InChI=1S/C20H19F15O2/c1-7-9-5-10-11(7)16(10,8(9)2)12(36)37-4-3-13(21,22)17(27,28)19(31,32)18(29,30)14(23,24)6-15(25,26)20(33,34)35/h7-11H,3-6H2,1-2H3. The van der Waals surface area contributed by atoms with Crippen molar-refractivity contribution >= 4 is 5.97 Å². The fourth-order valence-electron chi connectivity index (χ4n) is 6.26. The first kappa shape index (κ1) is 30.0. The third-order valence-corrected chi connectivity index (χ3v) is 8.22. The van der Waals surface area contributed by atoms with Crippen molar-refractivity contribution in [1.82, 2.24) is 0 Å². The molecule has 4 rings (SSSR count). The maximum atomic E-state index is 14.0. The largest absolute Gasteiger partial charge is 0.465 e. The Kier molecular flexibility index (Phi) is 6.46. The molecule has 0 radical (unpaired) electrons. The molecule has 37 heavy (non-hydrogen) atoms. The van der Waals surface area contributed by atoms with Crippen LogP contribution in [0.5, 0.6) is 0 Å². The molecule has 0 aromatic heterocycles. The molecule has 4 bridgehead atoms. The van der Waals surface area contributed by atoms with Crippen LogP contribution < -0.4 is 0 Å². The number of carbonyl (C=O) groups is 1. The molecule has 4 saturated carbocycles. The molecule has 17 heteroatoms. The van der Waals surface area contributed by atoms with Crippen molar-refractivity contribution in [3.63, 3.8) is 0 Å². The quantitative estimate of drug-likeness (QED) is 0.203. The summed E-state index contributed by atoms with van der Waals surface area (Å²) in [5.41, 5.74) is -1.09. The summed E-state index contributed by atoms with van der Waals surface area (Å²) in [5.74, 6) is -44.9. The van der Waals surface area contributed by atoms with Gasteiger partial charge in [-0.2, -0.15) is 65.9 Å². The van der Waals surface area contributed by atoms with E-state index in [2.05, 4.69) is 4.74 Å². The molecular formula is C20H19F15O2. The summed E-state index contributed by atoms with van der Waals surface area (Å²) in [4.78, 5) is 12.5. The summed E-state index contributed by atoms with van der Waals surface area (Å²) in [6.45, 7) is 1.77. The number of halogens is 15. The summed E-state index contributed by atoms with van der Waals surface area (Å²) < 4.78 is 204. The maximum Gasteiger partial charge on any atom is 0.453 e. The average Bonchev–Trinajstić information content (AvgIpc) is 2.99. The van der Waals surface area contributed by atoms with Crippen molar-refractivity contribution in [1.29, 1.82) is 0 Å². The van der Waals surface area contributed by atoms with E-state index in [-0.39, 0.29) is 29.6 Å². The van der Waals surface area contributed by atoms with Gasteiger partial charge in [0.25, 0.3) is 0 Å². The van der Waals surface area contributed by atoms with E-state index >= 15 is 0 Å². The van der Waals surface area contributed by atoms with Crippen molar-refractivity contribution < 1.29 is 75.4 Å². The first-order valence-electron chi connectivity index (χ1n) is 10.8. The van der Waals surface area contributed by atoms with Gasteiger partial charge in [-0.1, -0.05) is 13.8 Å². The van der Waals surface area contributed by atoms with Gasteiger partial charge in [0.1, 0.15) is 0 Å². The third-order valence-electron chi connectivity index (χ3n) is 8.22. The topological polar surface area (TPSA) is 26.3 Å². The number of carbonyl (C=O) groups excluding carboxylic acids is 1. The zero-order valence-electron chi connectivity index (χ0n) is 18.7. The Hall–Kier alpha value is -1.58. The lowest BCUT2D eigenvalue weighted by atomic mass is 9.89. The molecule has 4 fully saturated rings.